The molecule has 1 aliphatic carbocycles. The van der Waals surface area contributed by atoms with E-state index in [2.05, 4.69) is 70.5 Å². The van der Waals surface area contributed by atoms with E-state index in [1.807, 2.05) is 12.1 Å². The summed E-state index contributed by atoms with van der Waals surface area (Å²) in [6, 6.07) is 29.4. The summed E-state index contributed by atoms with van der Waals surface area (Å²) in [5, 5.41) is 12.6. The SMILES string of the molecule is O=C1c2cc3c(cc2CN1N1C(=O)CCCC1=O)C1(CCN(CC2CCC4(CC2)CN(c2ccc([C@H]5c6ccc(O)cc6OC[C@H]5c5ccccc5)cc2)C4)CC1)CO3. The minimum atomic E-state index is -0.292. The first kappa shape index (κ1) is 36.7. The normalized spacial score (nSPS) is 24.7. The lowest BCUT2D eigenvalue weighted by Gasteiger charge is -2.55. The Bertz CT molecular complexity index is 2290. The molecule has 0 bridgehead atoms. The third-order valence-corrected chi connectivity index (χ3v) is 15.1. The first-order valence-corrected chi connectivity index (χ1v) is 21.8. The van der Waals surface area contributed by atoms with Crippen molar-refractivity contribution in [3.63, 3.8) is 0 Å². The molecule has 10 heteroatoms. The number of amides is 3. The molecule has 6 aliphatic heterocycles. The predicted octanol–water partition coefficient (Wildman–Crippen LogP) is 7.53. The van der Waals surface area contributed by atoms with Crippen LogP contribution in [0.5, 0.6) is 17.2 Å². The lowest BCUT2D eigenvalue weighted by Crippen LogP contribution is -2.58. The summed E-state index contributed by atoms with van der Waals surface area (Å²) in [5.74, 6) is 1.99. The number of imide groups is 1. The van der Waals surface area contributed by atoms with Gasteiger partial charge in [-0.15, -0.1) is 0 Å². The Morgan fingerprint density at radius 2 is 1.51 bits per heavy atom. The molecule has 3 amide bonds. The Morgan fingerprint density at radius 3 is 2.25 bits per heavy atom. The van der Waals surface area contributed by atoms with E-state index in [1.54, 1.807) is 12.1 Å². The largest absolute Gasteiger partial charge is 0.508 e. The molecule has 304 valence electrons. The van der Waals surface area contributed by atoms with E-state index in [4.69, 9.17) is 9.47 Å². The van der Waals surface area contributed by atoms with Gasteiger partial charge in [0.05, 0.1) is 25.3 Å². The Labute approximate surface area is 345 Å². The van der Waals surface area contributed by atoms with Gasteiger partial charge in [-0.3, -0.25) is 14.4 Å². The highest BCUT2D eigenvalue weighted by Gasteiger charge is 2.48. The zero-order valence-corrected chi connectivity index (χ0v) is 33.6. The first-order valence-electron chi connectivity index (χ1n) is 21.8. The van der Waals surface area contributed by atoms with Gasteiger partial charge in [-0.25, -0.2) is 5.01 Å². The highest BCUT2D eigenvalue weighted by molar-refractivity contribution is 6.05. The number of aromatic hydroxyl groups is 1. The lowest BCUT2D eigenvalue weighted by atomic mass is 9.65. The molecule has 11 rings (SSSR count). The Balaban J connectivity index is 0.688. The molecule has 0 radical (unpaired) electrons. The second-order valence-corrected chi connectivity index (χ2v) is 18.6. The number of fused-ring (bicyclic) bond motifs is 4. The highest BCUT2D eigenvalue weighted by atomic mass is 16.5. The summed E-state index contributed by atoms with van der Waals surface area (Å²) in [7, 11) is 0. The van der Waals surface area contributed by atoms with Gasteiger partial charge in [-0.05, 0) is 111 Å². The number of nitrogens with zero attached hydrogens (tertiary/aromatic N) is 4. The van der Waals surface area contributed by atoms with Gasteiger partial charge < -0.3 is 24.4 Å². The Kier molecular flexibility index (Phi) is 8.80. The number of carbonyl (C=O) groups is 3. The summed E-state index contributed by atoms with van der Waals surface area (Å²) in [6.07, 6.45) is 8.36. The summed E-state index contributed by atoms with van der Waals surface area (Å²) in [6.45, 7) is 6.99. The van der Waals surface area contributed by atoms with E-state index in [9.17, 15) is 19.5 Å². The molecule has 3 saturated heterocycles. The van der Waals surface area contributed by atoms with Crippen molar-refractivity contribution in [2.45, 2.75) is 81.6 Å². The summed E-state index contributed by atoms with van der Waals surface area (Å²) >= 11 is 0. The lowest BCUT2D eigenvalue weighted by molar-refractivity contribution is -0.163. The van der Waals surface area contributed by atoms with Crippen LogP contribution in [0, 0.1) is 11.3 Å². The zero-order valence-electron chi connectivity index (χ0n) is 33.6. The molecular weight excluding hydrogens is 741 g/mol. The molecule has 59 heavy (non-hydrogen) atoms. The fraction of sp³-hybridized carbons (Fsp3) is 0.449. The topological polar surface area (TPSA) is 103 Å². The number of hydrogen-bond acceptors (Lipinski definition) is 8. The van der Waals surface area contributed by atoms with Crippen LogP contribution in [-0.4, -0.2) is 83.7 Å². The van der Waals surface area contributed by atoms with Gasteiger partial charge >= 0.3 is 0 Å². The molecule has 7 aliphatic rings. The minimum Gasteiger partial charge on any atom is -0.508 e. The number of likely N-dealkylation sites (tertiary alicyclic amines) is 1. The van der Waals surface area contributed by atoms with Crippen molar-refractivity contribution in [2.75, 3.05) is 50.8 Å². The number of piperidine rings is 2. The third kappa shape index (κ3) is 6.28. The van der Waals surface area contributed by atoms with Crippen LogP contribution in [0.3, 0.4) is 0 Å². The number of phenols is 1. The van der Waals surface area contributed by atoms with Crippen molar-refractivity contribution in [1.29, 1.82) is 0 Å². The number of ether oxygens (including phenoxy) is 2. The summed E-state index contributed by atoms with van der Waals surface area (Å²) < 4.78 is 12.5. The van der Waals surface area contributed by atoms with Crippen LogP contribution in [0.1, 0.15) is 108 Å². The number of anilines is 1. The van der Waals surface area contributed by atoms with Crippen molar-refractivity contribution in [1.82, 2.24) is 14.9 Å². The van der Waals surface area contributed by atoms with E-state index < -0.39 is 0 Å². The maximum atomic E-state index is 13.4. The Hall–Kier alpha value is -5.35. The van der Waals surface area contributed by atoms with Gasteiger partial charge in [-0.1, -0.05) is 48.5 Å². The van der Waals surface area contributed by atoms with Crippen LogP contribution >= 0.6 is 0 Å². The molecule has 0 unspecified atom stereocenters. The molecule has 1 N–H and O–H groups in total. The monoisotopic (exact) mass is 792 g/mol. The highest BCUT2D eigenvalue weighted by Crippen LogP contribution is 2.51. The van der Waals surface area contributed by atoms with Crippen molar-refractivity contribution >= 4 is 23.4 Å². The molecular formula is C49H52N4O6. The fourth-order valence-corrected chi connectivity index (χ4v) is 11.7. The van der Waals surface area contributed by atoms with Crippen molar-refractivity contribution in [2.24, 2.45) is 11.3 Å². The smallest absolute Gasteiger partial charge is 0.273 e. The van der Waals surface area contributed by atoms with Gasteiger partial charge in [0.1, 0.15) is 17.2 Å². The maximum absolute atomic E-state index is 13.4. The van der Waals surface area contributed by atoms with Crippen LogP contribution in [0.15, 0.2) is 84.9 Å². The van der Waals surface area contributed by atoms with Crippen molar-refractivity contribution in [3.8, 4) is 17.2 Å². The number of hydrogen-bond donors (Lipinski definition) is 1. The van der Waals surface area contributed by atoms with Gasteiger partial charge in [0.15, 0.2) is 0 Å². The van der Waals surface area contributed by atoms with Gasteiger partial charge in [0, 0.05) is 78.0 Å². The van der Waals surface area contributed by atoms with Gasteiger partial charge in [0.25, 0.3) is 5.91 Å². The Morgan fingerprint density at radius 1 is 0.763 bits per heavy atom. The van der Waals surface area contributed by atoms with Crippen LogP contribution in [0.4, 0.5) is 5.69 Å². The quantitative estimate of drug-likeness (QED) is 0.200. The van der Waals surface area contributed by atoms with Crippen LogP contribution in [0.2, 0.25) is 0 Å². The molecule has 2 atom stereocenters. The maximum Gasteiger partial charge on any atom is 0.273 e. The molecule has 10 nitrogen and oxygen atoms in total. The van der Waals surface area contributed by atoms with Crippen LogP contribution in [0.25, 0.3) is 0 Å². The van der Waals surface area contributed by atoms with Crippen molar-refractivity contribution in [3.05, 3.63) is 118 Å². The number of benzene rings is 4. The minimum absolute atomic E-state index is 0.0544. The van der Waals surface area contributed by atoms with Gasteiger partial charge in [-0.2, -0.15) is 5.01 Å². The number of hydrazine groups is 1. The first-order chi connectivity index (χ1) is 28.7. The van der Waals surface area contributed by atoms with Gasteiger partial charge in [0.2, 0.25) is 11.8 Å². The zero-order chi connectivity index (χ0) is 39.9. The summed E-state index contributed by atoms with van der Waals surface area (Å²) in [4.78, 5) is 43.9. The second-order valence-electron chi connectivity index (χ2n) is 18.6. The molecule has 1 saturated carbocycles. The van der Waals surface area contributed by atoms with Crippen LogP contribution in [-0.2, 0) is 21.5 Å². The molecule has 4 aromatic rings. The second kappa shape index (κ2) is 14.1. The van der Waals surface area contributed by atoms with E-state index in [0.29, 0.717) is 43.5 Å². The molecule has 6 heterocycles. The van der Waals surface area contributed by atoms with Crippen molar-refractivity contribution < 1.29 is 29.0 Å². The predicted molar refractivity (Wildman–Crippen MR) is 223 cm³/mol. The molecule has 2 spiro atoms. The molecule has 4 fully saturated rings. The standard InChI is InChI=1S/C49H52N4O6/c54-37-13-14-38-42(24-37)58-28-40(33-5-2-1-3-6-33)46(38)34-9-11-36(12-10-34)51-29-48(30-51)17-15-32(16-18-48)26-50-21-19-49(20-22-50)31-59-43-25-39-35(23-41(43)49)27-52(47(39)57)53-44(55)7-4-8-45(53)56/h1-3,5-6,9-14,23-25,32,40,46,54H,4,7-8,15-22,26-31H2/t40-,46-/m0/s1. The summed E-state index contributed by atoms with van der Waals surface area (Å²) in [5.41, 5.74) is 7.97. The third-order valence-electron chi connectivity index (χ3n) is 15.1. The molecule has 4 aromatic carbocycles. The number of carbonyl (C=O) groups excluding carboxylic acids is 3. The number of rotatable bonds is 6. The van der Waals surface area contributed by atoms with E-state index in [1.165, 1.54) is 53.1 Å². The van der Waals surface area contributed by atoms with E-state index >= 15 is 0 Å². The average Bonchev–Trinajstić information content (AvgIpc) is 3.75. The van der Waals surface area contributed by atoms with Crippen LogP contribution < -0.4 is 14.4 Å². The fourth-order valence-electron chi connectivity index (χ4n) is 11.7. The average molecular weight is 793 g/mol. The van der Waals surface area contributed by atoms with E-state index in [-0.39, 0.29) is 47.3 Å². The number of phenolic OH excluding ortho intramolecular Hbond substituents is 1. The molecule has 0 aromatic heterocycles. The van der Waals surface area contributed by atoms with E-state index in [0.717, 1.165) is 79.1 Å².